The molecule has 2 rings (SSSR count). The van der Waals surface area contributed by atoms with Crippen molar-refractivity contribution < 1.29 is 0 Å². The summed E-state index contributed by atoms with van der Waals surface area (Å²) in [7, 11) is 0. The summed E-state index contributed by atoms with van der Waals surface area (Å²) >= 11 is 5.91. The number of hydrogen-bond acceptors (Lipinski definition) is 2. The molecule has 1 fully saturated rings. The van der Waals surface area contributed by atoms with Crippen LogP contribution in [-0.4, -0.2) is 18.0 Å². The minimum Gasteiger partial charge on any atom is -0.398 e. The van der Waals surface area contributed by atoms with E-state index in [1.807, 2.05) is 12.1 Å². The maximum atomic E-state index is 5.91. The summed E-state index contributed by atoms with van der Waals surface area (Å²) in [5.74, 6) is 0.818. The van der Waals surface area contributed by atoms with E-state index >= 15 is 0 Å². The van der Waals surface area contributed by atoms with Crippen molar-refractivity contribution in [2.75, 3.05) is 18.8 Å². The molecular weight excluding hydrogens is 220 g/mol. The number of nitrogen functional groups attached to an aromatic ring is 1. The normalized spacial score (nSPS) is 22.2. The van der Waals surface area contributed by atoms with Gasteiger partial charge in [0, 0.05) is 13.1 Å². The minimum atomic E-state index is 0.649. The van der Waals surface area contributed by atoms with Gasteiger partial charge < -0.3 is 5.73 Å². The average molecular weight is 239 g/mol. The van der Waals surface area contributed by atoms with Gasteiger partial charge in [0.2, 0.25) is 0 Å². The molecule has 1 aliphatic rings. The molecule has 88 valence electrons. The van der Waals surface area contributed by atoms with E-state index in [1.165, 1.54) is 31.5 Å². The molecule has 1 unspecified atom stereocenters. The van der Waals surface area contributed by atoms with Gasteiger partial charge in [0.15, 0.2) is 0 Å². The number of nitrogens with zero attached hydrogens (tertiary/aromatic N) is 1. The fourth-order valence-electron chi connectivity index (χ4n) is 2.38. The largest absolute Gasteiger partial charge is 0.398 e. The number of nitrogens with two attached hydrogens (primary N) is 1. The molecule has 3 heteroatoms. The number of piperidine rings is 1. The lowest BCUT2D eigenvalue weighted by Crippen LogP contribution is -2.33. The van der Waals surface area contributed by atoms with Crippen LogP contribution in [0.1, 0.15) is 25.3 Å². The predicted molar refractivity (Wildman–Crippen MR) is 69.5 cm³/mol. The fraction of sp³-hybridized carbons (Fsp3) is 0.538. The Labute approximate surface area is 102 Å². The van der Waals surface area contributed by atoms with Crippen LogP contribution in [0.5, 0.6) is 0 Å². The first-order valence-electron chi connectivity index (χ1n) is 5.91. The van der Waals surface area contributed by atoms with Crippen molar-refractivity contribution in [3.05, 3.63) is 28.8 Å². The number of anilines is 1. The molecule has 1 atom stereocenters. The second-order valence-electron chi connectivity index (χ2n) is 4.84. The summed E-state index contributed by atoms with van der Waals surface area (Å²) in [6.45, 7) is 5.71. The van der Waals surface area contributed by atoms with E-state index in [0.29, 0.717) is 10.7 Å². The summed E-state index contributed by atoms with van der Waals surface area (Å²) < 4.78 is 0. The van der Waals surface area contributed by atoms with Gasteiger partial charge >= 0.3 is 0 Å². The molecule has 1 aromatic carbocycles. The molecule has 2 N–H and O–H groups in total. The molecule has 0 aromatic heterocycles. The molecule has 0 aliphatic carbocycles. The molecule has 0 spiro atoms. The Hall–Kier alpha value is -0.730. The van der Waals surface area contributed by atoms with E-state index in [4.69, 9.17) is 17.3 Å². The van der Waals surface area contributed by atoms with Gasteiger partial charge in [0.1, 0.15) is 0 Å². The van der Waals surface area contributed by atoms with Crippen LogP contribution in [0.2, 0.25) is 5.02 Å². The Balaban J connectivity index is 2.00. The van der Waals surface area contributed by atoms with Crippen LogP contribution in [0.3, 0.4) is 0 Å². The molecule has 0 bridgehead atoms. The third kappa shape index (κ3) is 2.89. The molecule has 1 aliphatic heterocycles. The highest BCUT2D eigenvalue weighted by Gasteiger charge is 2.16. The SMILES string of the molecule is CC1CCCN(Cc2ccc(Cl)c(N)c2)C1. The van der Waals surface area contributed by atoms with Gasteiger partial charge in [-0.25, -0.2) is 0 Å². The lowest BCUT2D eigenvalue weighted by atomic mass is 10.00. The fourth-order valence-corrected chi connectivity index (χ4v) is 2.50. The molecule has 0 saturated carbocycles. The Morgan fingerprint density at radius 3 is 3.00 bits per heavy atom. The Bertz CT molecular complexity index is 365. The highest BCUT2D eigenvalue weighted by molar-refractivity contribution is 6.33. The monoisotopic (exact) mass is 238 g/mol. The van der Waals surface area contributed by atoms with Crippen LogP contribution in [0, 0.1) is 5.92 Å². The molecule has 1 saturated heterocycles. The van der Waals surface area contributed by atoms with E-state index in [9.17, 15) is 0 Å². The first-order chi connectivity index (χ1) is 7.65. The standard InChI is InChI=1S/C13H19ClN2/c1-10-3-2-6-16(8-10)9-11-4-5-12(14)13(15)7-11/h4-5,7,10H,2-3,6,8-9,15H2,1H3. The molecule has 0 amide bonds. The van der Waals surface area contributed by atoms with E-state index in [-0.39, 0.29) is 0 Å². The van der Waals surface area contributed by atoms with Crippen LogP contribution in [-0.2, 0) is 6.54 Å². The molecular formula is C13H19ClN2. The van der Waals surface area contributed by atoms with E-state index in [1.54, 1.807) is 0 Å². The van der Waals surface area contributed by atoms with Crippen molar-refractivity contribution in [1.29, 1.82) is 0 Å². The predicted octanol–water partition coefficient (Wildman–Crippen LogP) is 3.15. The van der Waals surface area contributed by atoms with Gasteiger partial charge in [-0.2, -0.15) is 0 Å². The molecule has 1 heterocycles. The lowest BCUT2D eigenvalue weighted by molar-refractivity contribution is 0.176. The van der Waals surface area contributed by atoms with Crippen LogP contribution in [0.25, 0.3) is 0 Å². The van der Waals surface area contributed by atoms with Crippen LogP contribution >= 0.6 is 11.6 Å². The number of rotatable bonds is 2. The van der Waals surface area contributed by atoms with Gasteiger partial charge in [-0.15, -0.1) is 0 Å². The molecule has 16 heavy (non-hydrogen) atoms. The minimum absolute atomic E-state index is 0.649. The number of hydrogen-bond donors (Lipinski definition) is 1. The van der Waals surface area contributed by atoms with E-state index in [2.05, 4.69) is 17.9 Å². The van der Waals surface area contributed by atoms with Gasteiger partial charge in [0.25, 0.3) is 0 Å². The smallest absolute Gasteiger partial charge is 0.0635 e. The quantitative estimate of drug-likeness (QED) is 0.802. The van der Waals surface area contributed by atoms with Crippen molar-refractivity contribution in [1.82, 2.24) is 4.90 Å². The van der Waals surface area contributed by atoms with Crippen molar-refractivity contribution in [3.8, 4) is 0 Å². The third-order valence-corrected chi connectivity index (χ3v) is 3.55. The molecule has 1 aromatic rings. The van der Waals surface area contributed by atoms with Crippen molar-refractivity contribution >= 4 is 17.3 Å². The van der Waals surface area contributed by atoms with Crippen LogP contribution in [0.15, 0.2) is 18.2 Å². The zero-order chi connectivity index (χ0) is 11.5. The average Bonchev–Trinajstić information content (AvgIpc) is 2.24. The van der Waals surface area contributed by atoms with Crippen molar-refractivity contribution in [3.63, 3.8) is 0 Å². The topological polar surface area (TPSA) is 29.3 Å². The summed E-state index contributed by atoms with van der Waals surface area (Å²) in [6.07, 6.45) is 2.67. The van der Waals surface area contributed by atoms with Crippen molar-refractivity contribution in [2.45, 2.75) is 26.3 Å². The summed E-state index contributed by atoms with van der Waals surface area (Å²) in [6, 6.07) is 5.94. The maximum absolute atomic E-state index is 5.91. The summed E-state index contributed by atoms with van der Waals surface area (Å²) in [5, 5.41) is 0.649. The molecule has 2 nitrogen and oxygen atoms in total. The zero-order valence-corrected chi connectivity index (χ0v) is 10.5. The number of halogens is 1. The lowest BCUT2D eigenvalue weighted by Gasteiger charge is -2.30. The van der Waals surface area contributed by atoms with Gasteiger partial charge in [-0.05, 0) is 43.0 Å². The van der Waals surface area contributed by atoms with E-state index in [0.717, 1.165) is 12.5 Å². The molecule has 0 radical (unpaired) electrons. The summed E-state index contributed by atoms with van der Waals surface area (Å²) in [5.41, 5.74) is 7.75. The highest BCUT2D eigenvalue weighted by Crippen LogP contribution is 2.22. The third-order valence-electron chi connectivity index (χ3n) is 3.21. The Morgan fingerprint density at radius 2 is 2.31 bits per heavy atom. The Kier molecular flexibility index (Phi) is 3.72. The summed E-state index contributed by atoms with van der Waals surface area (Å²) in [4.78, 5) is 2.50. The maximum Gasteiger partial charge on any atom is 0.0635 e. The number of benzene rings is 1. The van der Waals surface area contributed by atoms with Crippen LogP contribution < -0.4 is 5.73 Å². The second kappa shape index (κ2) is 5.07. The van der Waals surface area contributed by atoms with Gasteiger partial charge in [-0.1, -0.05) is 24.6 Å². The van der Waals surface area contributed by atoms with Gasteiger partial charge in [0.05, 0.1) is 10.7 Å². The van der Waals surface area contributed by atoms with Crippen LogP contribution in [0.4, 0.5) is 5.69 Å². The first-order valence-corrected chi connectivity index (χ1v) is 6.29. The number of likely N-dealkylation sites (tertiary alicyclic amines) is 1. The van der Waals surface area contributed by atoms with E-state index < -0.39 is 0 Å². The van der Waals surface area contributed by atoms with Gasteiger partial charge in [-0.3, -0.25) is 4.90 Å². The first kappa shape index (κ1) is 11.7. The van der Waals surface area contributed by atoms with Crippen molar-refractivity contribution in [2.24, 2.45) is 5.92 Å². The Morgan fingerprint density at radius 1 is 1.50 bits per heavy atom. The second-order valence-corrected chi connectivity index (χ2v) is 5.25. The highest BCUT2D eigenvalue weighted by atomic mass is 35.5. The zero-order valence-electron chi connectivity index (χ0n) is 9.75.